The third-order valence-electron chi connectivity index (χ3n) is 12.2. The van der Waals surface area contributed by atoms with Crippen LogP contribution in [-0.2, 0) is 4.79 Å². The molecular weight excluding hydrogens is 456 g/mol. The van der Waals surface area contributed by atoms with E-state index in [1.54, 1.807) is 6.33 Å². The number of para-hydroxylation sites is 1. The highest BCUT2D eigenvalue weighted by molar-refractivity contribution is 5.87. The maximum Gasteiger partial charge on any atom is 0.224 e. The van der Waals surface area contributed by atoms with Crippen molar-refractivity contribution in [3.8, 4) is 5.88 Å². The number of hydrogen-bond donors (Lipinski definition) is 0. The summed E-state index contributed by atoms with van der Waals surface area (Å²) in [7, 11) is 0. The third-order valence-corrected chi connectivity index (χ3v) is 12.2. The molecule has 0 bridgehead atoms. The van der Waals surface area contributed by atoms with E-state index in [-0.39, 0.29) is 23.7 Å². The molecule has 1 aromatic heterocycles. The molecule has 8 atom stereocenters. The molecule has 4 nitrogen and oxygen atoms in total. The number of carbonyl (C=O) groups excluding carboxylic acids is 1. The first kappa shape index (κ1) is 25.3. The summed E-state index contributed by atoms with van der Waals surface area (Å²) in [6.45, 7) is 9.70. The number of aryl methyl sites for hydroxylation is 1. The normalized spacial score (nSPS) is 39.4. The first-order valence-electron chi connectivity index (χ1n) is 15.2. The van der Waals surface area contributed by atoms with Crippen LogP contribution in [0.4, 0.5) is 0 Å². The van der Waals surface area contributed by atoms with Crippen LogP contribution >= 0.6 is 0 Å². The summed E-state index contributed by atoms with van der Waals surface area (Å²) in [5.41, 5.74) is 2.65. The van der Waals surface area contributed by atoms with Crippen LogP contribution in [0.15, 0.2) is 24.5 Å². The van der Waals surface area contributed by atoms with Gasteiger partial charge in [-0.05, 0) is 117 Å². The zero-order valence-corrected chi connectivity index (χ0v) is 23.5. The number of benzene rings is 1. The predicted octanol–water partition coefficient (Wildman–Crippen LogP) is 7.96. The number of ether oxygens (including phenoxy) is 1. The number of hydrogen-bond acceptors (Lipinski definition) is 4. The summed E-state index contributed by atoms with van der Waals surface area (Å²) in [6.07, 6.45) is 16.1. The van der Waals surface area contributed by atoms with Gasteiger partial charge in [0.25, 0.3) is 0 Å². The van der Waals surface area contributed by atoms with Gasteiger partial charge in [-0.1, -0.05) is 45.7 Å². The van der Waals surface area contributed by atoms with Gasteiger partial charge in [0.05, 0.1) is 10.9 Å². The van der Waals surface area contributed by atoms with Crippen molar-refractivity contribution >= 4 is 16.7 Å². The van der Waals surface area contributed by atoms with Gasteiger partial charge in [-0.15, -0.1) is 0 Å². The van der Waals surface area contributed by atoms with Gasteiger partial charge in [0.15, 0.2) is 5.78 Å². The Labute approximate surface area is 223 Å². The fourth-order valence-electron chi connectivity index (χ4n) is 10.0. The smallest absolute Gasteiger partial charge is 0.224 e. The first-order valence-corrected chi connectivity index (χ1v) is 15.2. The van der Waals surface area contributed by atoms with E-state index in [0.717, 1.165) is 46.6 Å². The molecule has 0 N–H and O–H groups in total. The Morgan fingerprint density at radius 2 is 1.81 bits per heavy atom. The largest absolute Gasteiger partial charge is 0.469 e. The molecule has 200 valence electrons. The van der Waals surface area contributed by atoms with Gasteiger partial charge in [-0.2, -0.15) is 0 Å². The fraction of sp³-hybridized carbons (Fsp3) is 0.727. The number of aromatic nitrogens is 2. The minimum Gasteiger partial charge on any atom is -0.469 e. The van der Waals surface area contributed by atoms with Gasteiger partial charge >= 0.3 is 0 Å². The Kier molecular flexibility index (Phi) is 6.60. The van der Waals surface area contributed by atoms with Gasteiger partial charge in [0.1, 0.15) is 12.9 Å². The molecule has 1 aromatic carbocycles. The fourth-order valence-corrected chi connectivity index (χ4v) is 10.0. The van der Waals surface area contributed by atoms with Crippen molar-refractivity contribution < 1.29 is 9.53 Å². The summed E-state index contributed by atoms with van der Waals surface area (Å²) >= 11 is 0. The van der Waals surface area contributed by atoms with Gasteiger partial charge in [0, 0.05) is 5.92 Å². The van der Waals surface area contributed by atoms with E-state index in [1.807, 2.05) is 25.1 Å². The number of rotatable bonds is 5. The molecule has 4 aliphatic rings. The highest BCUT2D eigenvalue weighted by atomic mass is 16.5. The highest BCUT2D eigenvalue weighted by Gasteiger charge is 2.59. The molecule has 4 saturated carbocycles. The van der Waals surface area contributed by atoms with Crippen molar-refractivity contribution in [1.29, 1.82) is 0 Å². The second-order valence-electron chi connectivity index (χ2n) is 13.6. The molecule has 4 fully saturated rings. The number of Topliss-reactive ketones (excluding diaryl/α,β-unsaturated/α-hetero) is 1. The average Bonchev–Trinajstić information content (AvgIpc) is 2.90. The Bertz CT molecular complexity index is 1160. The van der Waals surface area contributed by atoms with E-state index >= 15 is 0 Å². The first-order chi connectivity index (χ1) is 17.8. The van der Waals surface area contributed by atoms with Crippen LogP contribution < -0.4 is 4.74 Å². The average molecular weight is 503 g/mol. The number of fused-ring (bicyclic) bond motifs is 6. The molecule has 0 radical (unpaired) electrons. The molecule has 0 saturated heterocycles. The van der Waals surface area contributed by atoms with Crippen molar-refractivity contribution in [2.45, 2.75) is 98.3 Å². The maximum atomic E-state index is 13.8. The van der Waals surface area contributed by atoms with Crippen LogP contribution in [0.5, 0.6) is 5.88 Å². The minimum atomic E-state index is 0.114. The Balaban J connectivity index is 1.19. The van der Waals surface area contributed by atoms with Crippen molar-refractivity contribution in [2.24, 2.45) is 46.3 Å². The molecule has 4 aliphatic carbocycles. The van der Waals surface area contributed by atoms with E-state index in [1.165, 1.54) is 64.2 Å². The van der Waals surface area contributed by atoms with Crippen molar-refractivity contribution in [1.82, 2.24) is 9.97 Å². The van der Waals surface area contributed by atoms with Crippen molar-refractivity contribution in [2.75, 3.05) is 6.61 Å². The zero-order chi connectivity index (χ0) is 25.8. The van der Waals surface area contributed by atoms with Crippen LogP contribution in [0.1, 0.15) is 97.0 Å². The third kappa shape index (κ3) is 4.12. The van der Waals surface area contributed by atoms with Crippen LogP contribution in [0.3, 0.4) is 0 Å². The molecule has 37 heavy (non-hydrogen) atoms. The Hall–Kier alpha value is -1.97. The summed E-state index contributed by atoms with van der Waals surface area (Å²) in [4.78, 5) is 22.6. The van der Waals surface area contributed by atoms with E-state index in [4.69, 9.17) is 4.74 Å². The summed E-state index contributed by atoms with van der Waals surface area (Å²) in [5, 5.41) is 0.895. The zero-order valence-electron chi connectivity index (χ0n) is 23.5. The van der Waals surface area contributed by atoms with E-state index in [2.05, 4.69) is 30.7 Å². The van der Waals surface area contributed by atoms with Crippen molar-refractivity contribution in [3.05, 3.63) is 30.1 Å². The molecule has 0 amide bonds. The quantitative estimate of drug-likeness (QED) is 0.416. The molecule has 1 heterocycles. The standard InChI is InChI=1S/C33H46N2O2/c1-5-22-14-16-32(3)23(18-22)12-13-24-26-10-7-11-28(33(26,4)17-15-27(24)32)29(36)19-37-31-25-9-6-8-21(2)30(25)34-20-35-31/h6,8-9,20,22-24,26-28H,5,7,10-19H2,1-4H3/t22-,23?,24-,26?,27?,28+,32-,33-/m0/s1. The molecular formula is C33H46N2O2. The monoisotopic (exact) mass is 502 g/mol. The second-order valence-corrected chi connectivity index (χ2v) is 13.6. The molecule has 3 unspecified atom stereocenters. The van der Waals surface area contributed by atoms with Gasteiger partial charge in [-0.25, -0.2) is 9.97 Å². The number of nitrogens with zero attached hydrogens (tertiary/aromatic N) is 2. The molecule has 2 aromatic rings. The van der Waals surface area contributed by atoms with Crippen molar-refractivity contribution in [3.63, 3.8) is 0 Å². The van der Waals surface area contributed by atoms with Gasteiger partial charge in [-0.3, -0.25) is 4.79 Å². The Morgan fingerprint density at radius 1 is 1.00 bits per heavy atom. The molecule has 0 spiro atoms. The van der Waals surface area contributed by atoms with Crippen LogP contribution in [0.2, 0.25) is 0 Å². The van der Waals surface area contributed by atoms with Crippen LogP contribution in [0, 0.1) is 53.3 Å². The molecule has 6 rings (SSSR count). The van der Waals surface area contributed by atoms with E-state index in [9.17, 15) is 4.79 Å². The molecule has 0 aliphatic heterocycles. The highest BCUT2D eigenvalue weighted by Crippen LogP contribution is 2.67. The predicted molar refractivity (Wildman–Crippen MR) is 148 cm³/mol. The number of carbonyl (C=O) groups is 1. The Morgan fingerprint density at radius 3 is 2.65 bits per heavy atom. The summed E-state index contributed by atoms with van der Waals surface area (Å²) in [6, 6.07) is 6.05. The summed E-state index contributed by atoms with van der Waals surface area (Å²) in [5.74, 6) is 5.19. The lowest BCUT2D eigenvalue weighted by Crippen LogP contribution is -2.57. The number of ketones is 1. The second kappa shape index (κ2) is 9.65. The summed E-state index contributed by atoms with van der Waals surface area (Å²) < 4.78 is 6.13. The van der Waals surface area contributed by atoms with E-state index in [0.29, 0.717) is 17.2 Å². The van der Waals surface area contributed by atoms with E-state index < -0.39 is 0 Å². The van der Waals surface area contributed by atoms with Crippen LogP contribution in [0.25, 0.3) is 10.9 Å². The molecule has 4 heteroatoms. The van der Waals surface area contributed by atoms with Gasteiger partial charge < -0.3 is 4.74 Å². The minimum absolute atomic E-state index is 0.114. The van der Waals surface area contributed by atoms with Crippen LogP contribution in [-0.4, -0.2) is 22.4 Å². The SMILES string of the molecule is CC[C@H]1CC[C@@]2(C)C(CC[C@@H]3C2CC[C@@]2(C)C3CCC[C@@H]2C(=O)COc2ncnc3c(C)cccc23)C1. The topological polar surface area (TPSA) is 52.1 Å². The lowest BCUT2D eigenvalue weighted by atomic mass is 9.41. The lowest BCUT2D eigenvalue weighted by molar-refractivity contribution is -0.158. The van der Waals surface area contributed by atoms with Gasteiger partial charge in [0.2, 0.25) is 5.88 Å². The lowest BCUT2D eigenvalue weighted by Gasteiger charge is -2.63. The maximum absolute atomic E-state index is 13.8.